The summed E-state index contributed by atoms with van der Waals surface area (Å²) >= 11 is 0. The summed E-state index contributed by atoms with van der Waals surface area (Å²) in [5.74, 6) is -0.947. The second kappa shape index (κ2) is 2.31. The van der Waals surface area contributed by atoms with Crippen LogP contribution in [0.15, 0.2) is 0 Å². The molecule has 0 unspecified atom stereocenters. The normalized spacial score (nSPS) is 40.0. The molecule has 2 fully saturated rings. The van der Waals surface area contributed by atoms with E-state index in [2.05, 4.69) is 0 Å². The van der Waals surface area contributed by atoms with E-state index in [9.17, 15) is 9.59 Å². The fraction of sp³-hybridized carbons (Fsp3) is 0.778. The molecule has 2 saturated carbocycles. The van der Waals surface area contributed by atoms with Crippen LogP contribution in [0.25, 0.3) is 0 Å². The van der Waals surface area contributed by atoms with Crippen LogP contribution in [0, 0.1) is 11.3 Å². The van der Waals surface area contributed by atoms with Gasteiger partial charge in [0.05, 0.1) is 5.92 Å². The van der Waals surface area contributed by atoms with E-state index in [1.54, 1.807) is 0 Å². The van der Waals surface area contributed by atoms with Crippen molar-refractivity contribution in [1.29, 1.82) is 0 Å². The molecular weight excluding hydrogens is 156 g/mol. The molecule has 0 bridgehead atoms. The van der Waals surface area contributed by atoms with Crippen molar-refractivity contribution in [3.05, 3.63) is 0 Å². The number of carboxylic acids is 1. The lowest BCUT2D eigenvalue weighted by Gasteiger charge is -2.19. The number of aliphatic carboxylic acids is 1. The van der Waals surface area contributed by atoms with Crippen LogP contribution in [-0.4, -0.2) is 16.9 Å². The van der Waals surface area contributed by atoms with Crippen LogP contribution < -0.4 is 0 Å². The van der Waals surface area contributed by atoms with Crippen molar-refractivity contribution in [1.82, 2.24) is 0 Å². The Bertz CT molecular complexity index is 246. The van der Waals surface area contributed by atoms with Crippen molar-refractivity contribution in [2.75, 3.05) is 0 Å². The summed E-state index contributed by atoms with van der Waals surface area (Å²) in [6.45, 7) is 0. The zero-order valence-electron chi connectivity index (χ0n) is 6.88. The van der Waals surface area contributed by atoms with Crippen molar-refractivity contribution in [2.24, 2.45) is 11.3 Å². The van der Waals surface area contributed by atoms with E-state index in [0.717, 1.165) is 19.3 Å². The van der Waals surface area contributed by atoms with Gasteiger partial charge in [-0.1, -0.05) is 6.42 Å². The van der Waals surface area contributed by atoms with Crippen LogP contribution in [-0.2, 0) is 9.59 Å². The Morgan fingerprint density at radius 2 is 2.25 bits per heavy atom. The van der Waals surface area contributed by atoms with Crippen molar-refractivity contribution in [2.45, 2.75) is 32.1 Å². The van der Waals surface area contributed by atoms with E-state index in [-0.39, 0.29) is 11.7 Å². The van der Waals surface area contributed by atoms with Gasteiger partial charge < -0.3 is 5.11 Å². The predicted octanol–water partition coefficient (Wildman–Crippen LogP) is 1.22. The fourth-order valence-electron chi connectivity index (χ4n) is 2.33. The average molecular weight is 168 g/mol. The zero-order valence-corrected chi connectivity index (χ0v) is 6.88. The summed E-state index contributed by atoms with van der Waals surface area (Å²) in [6.07, 6.45) is 3.98. The molecular formula is C9H12O3. The summed E-state index contributed by atoms with van der Waals surface area (Å²) in [5.41, 5.74) is -0.413. The molecule has 0 aromatic carbocycles. The molecule has 3 nitrogen and oxygen atoms in total. The molecule has 2 rings (SSSR count). The smallest absolute Gasteiger partial charge is 0.307 e. The molecule has 0 heterocycles. The molecule has 0 saturated heterocycles. The standard InChI is InChI=1S/C9H12O3/c10-7-3-1-2-4-9(7)5-6(9)8(11)12/h6H,1-5H2,(H,11,12)/t6-,9-/m0/s1. The highest BCUT2D eigenvalue weighted by Gasteiger charge is 2.63. The van der Waals surface area contributed by atoms with Gasteiger partial charge in [-0.2, -0.15) is 0 Å². The van der Waals surface area contributed by atoms with Crippen LogP contribution >= 0.6 is 0 Å². The number of hydrogen-bond acceptors (Lipinski definition) is 2. The van der Waals surface area contributed by atoms with Crippen LogP contribution in [0.3, 0.4) is 0 Å². The van der Waals surface area contributed by atoms with Gasteiger partial charge >= 0.3 is 5.97 Å². The summed E-state index contributed by atoms with van der Waals surface area (Å²) in [7, 11) is 0. The fourth-order valence-corrected chi connectivity index (χ4v) is 2.33. The topological polar surface area (TPSA) is 54.4 Å². The first kappa shape index (κ1) is 7.77. The van der Waals surface area contributed by atoms with Gasteiger partial charge in [0.1, 0.15) is 5.78 Å². The molecule has 0 aromatic rings. The van der Waals surface area contributed by atoms with Crippen molar-refractivity contribution in [3.8, 4) is 0 Å². The SMILES string of the molecule is O=C(O)[C@@H]1C[C@@]12CCCCC2=O. The second-order valence-electron chi connectivity index (χ2n) is 3.88. The minimum Gasteiger partial charge on any atom is -0.481 e. The van der Waals surface area contributed by atoms with E-state index in [4.69, 9.17) is 5.11 Å². The van der Waals surface area contributed by atoms with Gasteiger partial charge in [0, 0.05) is 11.8 Å². The monoisotopic (exact) mass is 168 g/mol. The number of carbonyl (C=O) groups is 2. The molecule has 0 aliphatic heterocycles. The van der Waals surface area contributed by atoms with Crippen molar-refractivity contribution >= 4 is 11.8 Å². The molecule has 0 amide bonds. The van der Waals surface area contributed by atoms with Crippen LogP contribution in [0.5, 0.6) is 0 Å². The Morgan fingerprint density at radius 1 is 1.50 bits per heavy atom. The largest absolute Gasteiger partial charge is 0.481 e. The van der Waals surface area contributed by atoms with Gasteiger partial charge in [0.15, 0.2) is 0 Å². The molecule has 2 aliphatic rings. The lowest BCUT2D eigenvalue weighted by atomic mass is 9.83. The Labute approximate surface area is 70.8 Å². The van der Waals surface area contributed by atoms with Crippen LogP contribution in [0.1, 0.15) is 32.1 Å². The predicted molar refractivity (Wildman–Crippen MR) is 41.7 cm³/mol. The maximum absolute atomic E-state index is 11.4. The van der Waals surface area contributed by atoms with Gasteiger partial charge in [0.2, 0.25) is 0 Å². The van der Waals surface area contributed by atoms with Crippen molar-refractivity contribution in [3.63, 3.8) is 0 Å². The summed E-state index contributed by atoms with van der Waals surface area (Å²) in [5, 5.41) is 8.74. The van der Waals surface area contributed by atoms with Crippen LogP contribution in [0.2, 0.25) is 0 Å². The zero-order chi connectivity index (χ0) is 8.77. The molecule has 66 valence electrons. The molecule has 12 heavy (non-hydrogen) atoms. The number of carboxylic acid groups (broad SMARTS) is 1. The third kappa shape index (κ3) is 0.886. The number of ketones is 1. The molecule has 0 radical (unpaired) electrons. The first-order chi connectivity index (χ1) is 5.67. The van der Waals surface area contributed by atoms with Gasteiger partial charge in [-0.15, -0.1) is 0 Å². The third-order valence-electron chi connectivity index (χ3n) is 3.21. The molecule has 1 N–H and O–H groups in total. The summed E-state index contributed by atoms with van der Waals surface area (Å²) in [6, 6.07) is 0. The highest BCUT2D eigenvalue weighted by Crippen LogP contribution is 2.59. The van der Waals surface area contributed by atoms with E-state index >= 15 is 0 Å². The molecule has 1 spiro atoms. The molecule has 3 heteroatoms. The number of rotatable bonds is 1. The summed E-state index contributed by atoms with van der Waals surface area (Å²) < 4.78 is 0. The van der Waals surface area contributed by atoms with Crippen LogP contribution in [0.4, 0.5) is 0 Å². The Kier molecular flexibility index (Phi) is 1.50. The first-order valence-corrected chi connectivity index (χ1v) is 4.43. The third-order valence-corrected chi connectivity index (χ3v) is 3.21. The number of carbonyl (C=O) groups excluding carboxylic acids is 1. The van der Waals surface area contributed by atoms with Gasteiger partial charge in [-0.05, 0) is 19.3 Å². The van der Waals surface area contributed by atoms with E-state index in [1.807, 2.05) is 0 Å². The van der Waals surface area contributed by atoms with E-state index < -0.39 is 11.4 Å². The second-order valence-corrected chi connectivity index (χ2v) is 3.88. The Morgan fingerprint density at radius 3 is 2.75 bits per heavy atom. The van der Waals surface area contributed by atoms with Gasteiger partial charge in [-0.3, -0.25) is 9.59 Å². The molecule has 0 aromatic heterocycles. The van der Waals surface area contributed by atoms with E-state index in [1.165, 1.54) is 0 Å². The highest BCUT2D eigenvalue weighted by molar-refractivity contribution is 5.95. The Balaban J connectivity index is 2.13. The highest BCUT2D eigenvalue weighted by atomic mass is 16.4. The first-order valence-electron chi connectivity index (χ1n) is 4.43. The maximum atomic E-state index is 11.4. The van der Waals surface area contributed by atoms with Crippen molar-refractivity contribution < 1.29 is 14.7 Å². The molecule has 2 atom stereocenters. The van der Waals surface area contributed by atoms with Gasteiger partial charge in [0.25, 0.3) is 0 Å². The average Bonchev–Trinajstić information content (AvgIpc) is 2.72. The Hall–Kier alpha value is -0.860. The minimum absolute atomic E-state index is 0.196. The van der Waals surface area contributed by atoms with E-state index in [0.29, 0.717) is 12.8 Å². The molecule has 2 aliphatic carbocycles. The maximum Gasteiger partial charge on any atom is 0.307 e. The lowest BCUT2D eigenvalue weighted by Crippen LogP contribution is -2.24. The summed E-state index contributed by atoms with van der Waals surface area (Å²) in [4.78, 5) is 22.1. The van der Waals surface area contributed by atoms with Gasteiger partial charge in [-0.25, -0.2) is 0 Å². The minimum atomic E-state index is -0.787. The number of Topliss-reactive ketones (excluding diaryl/α,β-unsaturated/α-hetero) is 1. The quantitative estimate of drug-likeness (QED) is 0.640. The lowest BCUT2D eigenvalue weighted by molar-refractivity contribution is -0.142. The number of hydrogen-bond donors (Lipinski definition) is 1.